The Morgan fingerprint density at radius 1 is 0.500 bits per heavy atom. The van der Waals surface area contributed by atoms with Gasteiger partial charge in [-0.2, -0.15) is 0 Å². The van der Waals surface area contributed by atoms with Gasteiger partial charge >= 0.3 is 0 Å². The van der Waals surface area contributed by atoms with Gasteiger partial charge in [0.25, 0.3) is 0 Å². The normalized spacial score (nSPS) is 11.5. The average Bonchev–Trinajstić information content (AvgIpc) is 3.36. The van der Waals surface area contributed by atoms with Crippen LogP contribution in [0.2, 0.25) is 0 Å². The Kier molecular flexibility index (Phi) is 5.14. The highest BCUT2D eigenvalue weighted by Gasteiger charge is 2.05. The second kappa shape index (κ2) is 8.04. The van der Waals surface area contributed by atoms with Crippen LogP contribution >= 0.6 is 22.7 Å². The molecule has 0 spiro atoms. The molecule has 0 radical (unpaired) electrons. The van der Waals surface area contributed by atoms with Crippen molar-refractivity contribution in [3.05, 3.63) is 96.1 Å². The van der Waals surface area contributed by atoms with Crippen LogP contribution in [-0.4, -0.2) is 12.4 Å². The van der Waals surface area contributed by atoms with E-state index >= 15 is 0 Å². The van der Waals surface area contributed by atoms with Crippen LogP contribution in [0.5, 0.6) is 0 Å². The molecule has 126 valence electrons. The fourth-order valence-corrected chi connectivity index (χ4v) is 4.21. The summed E-state index contributed by atoms with van der Waals surface area (Å²) < 4.78 is 0. The van der Waals surface area contributed by atoms with Crippen LogP contribution in [0.3, 0.4) is 0 Å². The Balaban J connectivity index is 1.47. The standard InChI is InChI=1S/C22H16N2S2/c1-3-7-17(8-4-1)15-23-21-13-11-19(25-21)20-12-14-22(26-20)24-16-18-9-5-2-6-10-18/h1-16H/b23-15+,24-16+. The third-order valence-electron chi connectivity index (χ3n) is 3.71. The molecule has 0 aliphatic rings. The van der Waals surface area contributed by atoms with E-state index in [4.69, 9.17) is 0 Å². The number of benzene rings is 2. The summed E-state index contributed by atoms with van der Waals surface area (Å²) in [6.07, 6.45) is 3.80. The van der Waals surface area contributed by atoms with Gasteiger partial charge < -0.3 is 0 Å². The van der Waals surface area contributed by atoms with Gasteiger partial charge in [-0.3, -0.25) is 0 Å². The van der Waals surface area contributed by atoms with Crippen LogP contribution in [-0.2, 0) is 0 Å². The van der Waals surface area contributed by atoms with Crippen molar-refractivity contribution in [2.45, 2.75) is 0 Å². The molecular formula is C22H16N2S2. The van der Waals surface area contributed by atoms with Crippen LogP contribution in [0.4, 0.5) is 10.0 Å². The van der Waals surface area contributed by atoms with Gasteiger partial charge in [-0.05, 0) is 35.4 Å². The zero-order valence-corrected chi connectivity index (χ0v) is 15.6. The monoisotopic (exact) mass is 372 g/mol. The molecule has 26 heavy (non-hydrogen) atoms. The second-order valence-electron chi connectivity index (χ2n) is 5.61. The van der Waals surface area contributed by atoms with Crippen molar-refractivity contribution in [1.29, 1.82) is 0 Å². The third kappa shape index (κ3) is 4.23. The van der Waals surface area contributed by atoms with Crippen molar-refractivity contribution in [2.75, 3.05) is 0 Å². The zero-order chi connectivity index (χ0) is 17.6. The summed E-state index contributed by atoms with van der Waals surface area (Å²) >= 11 is 3.39. The number of nitrogens with zero attached hydrogens (tertiary/aromatic N) is 2. The maximum atomic E-state index is 4.57. The Morgan fingerprint density at radius 3 is 1.35 bits per heavy atom. The predicted molar refractivity (Wildman–Crippen MR) is 115 cm³/mol. The van der Waals surface area contributed by atoms with Crippen molar-refractivity contribution in [2.24, 2.45) is 9.98 Å². The molecule has 0 atom stereocenters. The lowest BCUT2D eigenvalue weighted by atomic mass is 10.2. The molecule has 0 aliphatic carbocycles. The Morgan fingerprint density at radius 2 is 0.923 bits per heavy atom. The molecule has 0 unspecified atom stereocenters. The summed E-state index contributed by atoms with van der Waals surface area (Å²) in [5, 5.41) is 2.01. The lowest BCUT2D eigenvalue weighted by molar-refractivity contribution is 1.61. The van der Waals surface area contributed by atoms with E-state index in [0.29, 0.717) is 0 Å². The molecule has 0 fully saturated rings. The highest BCUT2D eigenvalue weighted by Crippen LogP contribution is 2.39. The molecule has 0 saturated carbocycles. The molecule has 4 rings (SSSR count). The van der Waals surface area contributed by atoms with Gasteiger partial charge in [-0.15, -0.1) is 22.7 Å². The first-order valence-corrected chi connectivity index (χ1v) is 9.88. The summed E-state index contributed by atoms with van der Waals surface area (Å²) in [6.45, 7) is 0. The number of rotatable bonds is 5. The van der Waals surface area contributed by atoms with Crippen molar-refractivity contribution in [1.82, 2.24) is 0 Å². The number of hydrogen-bond donors (Lipinski definition) is 0. The Hall–Kier alpha value is -2.82. The smallest absolute Gasteiger partial charge is 0.116 e. The minimum absolute atomic E-state index is 1.01. The van der Waals surface area contributed by atoms with Gasteiger partial charge in [0.2, 0.25) is 0 Å². The molecule has 0 amide bonds. The van der Waals surface area contributed by atoms with E-state index in [9.17, 15) is 0 Å². The summed E-state index contributed by atoms with van der Waals surface area (Å²) in [5.74, 6) is 0. The first-order chi connectivity index (χ1) is 12.9. The molecule has 4 heteroatoms. The molecule has 2 aromatic carbocycles. The molecular weight excluding hydrogens is 356 g/mol. The van der Waals surface area contributed by atoms with E-state index in [1.54, 1.807) is 22.7 Å². The molecule has 0 bridgehead atoms. The number of thiophene rings is 2. The summed E-state index contributed by atoms with van der Waals surface area (Å²) in [6, 6.07) is 28.7. The largest absolute Gasteiger partial charge is 0.245 e. The fourth-order valence-electron chi connectivity index (χ4n) is 2.41. The third-order valence-corrected chi connectivity index (χ3v) is 5.89. The van der Waals surface area contributed by atoms with Gasteiger partial charge in [-0.1, -0.05) is 60.7 Å². The van der Waals surface area contributed by atoms with Crippen molar-refractivity contribution in [3.8, 4) is 9.75 Å². The SMILES string of the molecule is C(=N\c1ccc(-c2ccc(/N=C/c3ccccc3)s2)s1)/c1ccccc1. The van der Waals surface area contributed by atoms with E-state index in [1.807, 2.05) is 73.1 Å². The maximum Gasteiger partial charge on any atom is 0.116 e. The van der Waals surface area contributed by atoms with Crippen molar-refractivity contribution in [3.63, 3.8) is 0 Å². The van der Waals surface area contributed by atoms with E-state index < -0.39 is 0 Å². The molecule has 2 aromatic heterocycles. The molecule has 0 saturated heterocycles. The molecule has 4 aromatic rings. The number of aliphatic imine (C=N–C) groups is 2. The molecule has 2 nitrogen and oxygen atoms in total. The van der Waals surface area contributed by atoms with Crippen LogP contribution in [0.25, 0.3) is 9.75 Å². The highest BCUT2D eigenvalue weighted by atomic mass is 32.1. The van der Waals surface area contributed by atoms with E-state index in [0.717, 1.165) is 21.1 Å². The van der Waals surface area contributed by atoms with E-state index in [2.05, 4.69) is 34.3 Å². The van der Waals surface area contributed by atoms with Crippen LogP contribution < -0.4 is 0 Å². The van der Waals surface area contributed by atoms with Crippen LogP contribution in [0.1, 0.15) is 11.1 Å². The Bertz CT molecular complexity index is 942. The van der Waals surface area contributed by atoms with Gasteiger partial charge in [0, 0.05) is 22.2 Å². The first kappa shape index (κ1) is 16.6. The van der Waals surface area contributed by atoms with Crippen LogP contribution in [0.15, 0.2) is 94.9 Å². The fraction of sp³-hybridized carbons (Fsp3) is 0. The average molecular weight is 373 g/mol. The van der Waals surface area contributed by atoms with Gasteiger partial charge in [0.1, 0.15) is 10.0 Å². The summed E-state index contributed by atoms with van der Waals surface area (Å²) in [5.41, 5.74) is 2.22. The zero-order valence-electron chi connectivity index (χ0n) is 13.9. The lowest BCUT2D eigenvalue weighted by Crippen LogP contribution is -1.76. The number of hydrogen-bond acceptors (Lipinski definition) is 4. The molecule has 2 heterocycles. The van der Waals surface area contributed by atoms with E-state index in [-0.39, 0.29) is 0 Å². The summed E-state index contributed by atoms with van der Waals surface area (Å²) in [4.78, 5) is 11.6. The maximum absolute atomic E-state index is 4.57. The topological polar surface area (TPSA) is 24.7 Å². The first-order valence-electron chi connectivity index (χ1n) is 8.25. The molecule has 0 aliphatic heterocycles. The van der Waals surface area contributed by atoms with Gasteiger partial charge in [0.05, 0.1) is 0 Å². The minimum Gasteiger partial charge on any atom is -0.245 e. The quantitative estimate of drug-likeness (QED) is 0.338. The second-order valence-corrected chi connectivity index (χ2v) is 7.74. The predicted octanol–water partition coefficient (Wildman–Crippen LogP) is 6.98. The van der Waals surface area contributed by atoms with Gasteiger partial charge in [-0.25, -0.2) is 9.98 Å². The Labute approximate surface area is 160 Å². The van der Waals surface area contributed by atoms with Gasteiger partial charge in [0.15, 0.2) is 0 Å². The van der Waals surface area contributed by atoms with Crippen LogP contribution in [0, 0.1) is 0 Å². The van der Waals surface area contributed by atoms with Crippen molar-refractivity contribution < 1.29 is 0 Å². The lowest BCUT2D eigenvalue weighted by Gasteiger charge is -1.91. The molecule has 0 N–H and O–H groups in total. The highest BCUT2D eigenvalue weighted by molar-refractivity contribution is 7.25. The van der Waals surface area contributed by atoms with Crippen molar-refractivity contribution >= 4 is 45.1 Å². The van der Waals surface area contributed by atoms with E-state index in [1.165, 1.54) is 9.75 Å². The summed E-state index contributed by atoms with van der Waals surface area (Å²) in [7, 11) is 0. The minimum atomic E-state index is 1.01.